The van der Waals surface area contributed by atoms with Gasteiger partial charge in [-0.25, -0.2) is 0 Å². The second-order valence-corrected chi connectivity index (χ2v) is 25.6. The van der Waals surface area contributed by atoms with Gasteiger partial charge in [0, 0.05) is 0 Å². The standard InChI is InChI=1S/C75H139NO10/c1-3-5-7-9-11-13-15-17-19-21-23-25-27-29-31-33-35-37-39-41-43-45-47-49-51-53-55-57-59-61-63-68(79)74(84)76-66(65-85-75-73(83)72(82)71(81)69(64-77)86-75)70(80)67(78)62-60-58-56-54-52-50-48-46-44-42-40-38-36-34-32-30-28-26-24-22-20-18-16-14-12-10-8-6-4-2/h23,25,29,31,38,40,46,48,54,56,66-73,75,77-83H,3-22,24,26-28,30,32-37,39,41-45,47,49-53,55,57-65H2,1-2H3,(H,76,84)/b25-23-,31-29-,40-38+,48-46+,56-54+. The highest BCUT2D eigenvalue weighted by Crippen LogP contribution is 2.24. The smallest absolute Gasteiger partial charge is 0.249 e. The molecule has 0 radical (unpaired) electrons. The summed E-state index contributed by atoms with van der Waals surface area (Å²) in [4.78, 5) is 13.3. The third kappa shape index (κ3) is 49.6. The Hall–Kier alpha value is -2.19. The van der Waals surface area contributed by atoms with Crippen molar-refractivity contribution < 1.29 is 50.0 Å². The fourth-order valence-corrected chi connectivity index (χ4v) is 11.6. The minimum absolute atomic E-state index is 0.240. The first-order valence-corrected chi connectivity index (χ1v) is 36.7. The van der Waals surface area contributed by atoms with Gasteiger partial charge in [0.15, 0.2) is 6.29 Å². The third-order valence-corrected chi connectivity index (χ3v) is 17.5. The molecule has 1 amide bonds. The van der Waals surface area contributed by atoms with Crippen LogP contribution in [0.4, 0.5) is 0 Å². The van der Waals surface area contributed by atoms with Gasteiger partial charge in [0.2, 0.25) is 5.91 Å². The van der Waals surface area contributed by atoms with E-state index in [-0.39, 0.29) is 12.8 Å². The summed E-state index contributed by atoms with van der Waals surface area (Å²) >= 11 is 0. The van der Waals surface area contributed by atoms with Gasteiger partial charge in [-0.1, -0.05) is 306 Å². The van der Waals surface area contributed by atoms with E-state index < -0.39 is 74.2 Å². The fourth-order valence-electron chi connectivity index (χ4n) is 11.6. The van der Waals surface area contributed by atoms with Gasteiger partial charge in [-0.05, 0) is 96.3 Å². The zero-order valence-electron chi connectivity index (χ0n) is 55.8. The number of ether oxygens (including phenoxy) is 2. The number of aliphatic hydroxyl groups excluding tert-OH is 7. The Kier molecular flexibility index (Phi) is 59.9. The van der Waals surface area contributed by atoms with Crippen molar-refractivity contribution in [3.8, 4) is 0 Å². The normalized spacial score (nSPS) is 19.1. The molecule has 1 heterocycles. The molecule has 0 bridgehead atoms. The summed E-state index contributed by atoms with van der Waals surface area (Å²) in [5.41, 5.74) is 0. The number of rotatable bonds is 64. The van der Waals surface area contributed by atoms with E-state index in [2.05, 4.69) is 79.9 Å². The van der Waals surface area contributed by atoms with Gasteiger partial charge in [-0.2, -0.15) is 0 Å². The maximum Gasteiger partial charge on any atom is 0.249 e. The molecule has 11 nitrogen and oxygen atoms in total. The van der Waals surface area contributed by atoms with E-state index in [9.17, 15) is 40.5 Å². The second kappa shape index (κ2) is 63.0. The van der Waals surface area contributed by atoms with Gasteiger partial charge in [-0.3, -0.25) is 4.79 Å². The summed E-state index contributed by atoms with van der Waals surface area (Å²) in [7, 11) is 0. The molecule has 9 atom stereocenters. The summed E-state index contributed by atoms with van der Waals surface area (Å²) in [6.45, 7) is 3.48. The van der Waals surface area contributed by atoms with Crippen molar-refractivity contribution >= 4 is 5.91 Å². The fraction of sp³-hybridized carbons (Fsp3) is 0.853. The number of carbonyl (C=O) groups excluding carboxylic acids is 1. The first-order chi connectivity index (χ1) is 42.2. The molecule has 0 aromatic rings. The van der Waals surface area contributed by atoms with Crippen LogP contribution in [0.2, 0.25) is 0 Å². The lowest BCUT2D eigenvalue weighted by Gasteiger charge is -2.40. The van der Waals surface area contributed by atoms with E-state index in [1.165, 1.54) is 244 Å². The van der Waals surface area contributed by atoms with Crippen LogP contribution in [0.15, 0.2) is 60.8 Å². The lowest BCUT2D eigenvalue weighted by Crippen LogP contribution is -2.60. The minimum Gasteiger partial charge on any atom is -0.394 e. The largest absolute Gasteiger partial charge is 0.394 e. The molecule has 1 rings (SSSR count). The molecule has 8 N–H and O–H groups in total. The van der Waals surface area contributed by atoms with Crippen LogP contribution < -0.4 is 5.32 Å². The van der Waals surface area contributed by atoms with Gasteiger partial charge in [0.05, 0.1) is 25.4 Å². The topological polar surface area (TPSA) is 189 Å². The summed E-state index contributed by atoms with van der Waals surface area (Å²) in [5, 5.41) is 76.5. The number of carbonyl (C=O) groups is 1. The first kappa shape index (κ1) is 81.8. The molecule has 1 aliphatic rings. The van der Waals surface area contributed by atoms with E-state index in [4.69, 9.17) is 9.47 Å². The van der Waals surface area contributed by atoms with Gasteiger partial charge < -0.3 is 50.5 Å². The molecule has 0 aromatic heterocycles. The van der Waals surface area contributed by atoms with E-state index in [0.29, 0.717) is 19.3 Å². The zero-order valence-corrected chi connectivity index (χ0v) is 55.8. The number of allylic oxidation sites excluding steroid dienone is 10. The molecule has 0 spiro atoms. The van der Waals surface area contributed by atoms with Crippen LogP contribution in [-0.4, -0.2) is 110 Å². The maximum atomic E-state index is 13.3. The van der Waals surface area contributed by atoms with Crippen LogP contribution in [-0.2, 0) is 14.3 Å². The van der Waals surface area contributed by atoms with Crippen LogP contribution in [0.5, 0.6) is 0 Å². The average Bonchev–Trinajstić information content (AvgIpc) is 3.00. The molecule has 0 aromatic carbocycles. The van der Waals surface area contributed by atoms with Crippen LogP contribution in [0.3, 0.4) is 0 Å². The van der Waals surface area contributed by atoms with Crippen LogP contribution in [0.25, 0.3) is 0 Å². The van der Waals surface area contributed by atoms with Gasteiger partial charge in [0.1, 0.15) is 36.6 Å². The van der Waals surface area contributed by atoms with E-state index in [1.54, 1.807) is 0 Å². The maximum absolute atomic E-state index is 13.3. The van der Waals surface area contributed by atoms with E-state index >= 15 is 0 Å². The molecule has 1 aliphatic heterocycles. The van der Waals surface area contributed by atoms with Crippen molar-refractivity contribution in [1.29, 1.82) is 0 Å². The molecule has 504 valence electrons. The number of aliphatic hydroxyl groups is 7. The van der Waals surface area contributed by atoms with Crippen LogP contribution >= 0.6 is 0 Å². The second-order valence-electron chi connectivity index (χ2n) is 25.6. The Morgan fingerprint density at radius 1 is 0.407 bits per heavy atom. The SMILES string of the molecule is CCCCCCCCCCC/C=C\C/C=C\CCCCCCCCCCCCCCCCC(O)C(=O)NC(COC1OC(CO)C(O)C(O)C1O)C(O)C(O)CCC/C=C/CC/C=C/CC/C=C/CCCCCCCCCCCCCCCCCC. The Balaban J connectivity index is 2.23. The van der Waals surface area contributed by atoms with Gasteiger partial charge >= 0.3 is 0 Å². The molecular formula is C75H139NO10. The number of amides is 1. The lowest BCUT2D eigenvalue weighted by molar-refractivity contribution is -0.303. The number of hydrogen-bond acceptors (Lipinski definition) is 10. The van der Waals surface area contributed by atoms with Crippen molar-refractivity contribution in [2.24, 2.45) is 0 Å². The Morgan fingerprint density at radius 2 is 0.733 bits per heavy atom. The number of hydrogen-bond donors (Lipinski definition) is 8. The van der Waals surface area contributed by atoms with Crippen LogP contribution in [0.1, 0.15) is 341 Å². The summed E-state index contributed by atoms with van der Waals surface area (Å²) in [6.07, 6.45) is 73.1. The Morgan fingerprint density at radius 3 is 1.10 bits per heavy atom. The molecular weight excluding hydrogens is 1070 g/mol. The van der Waals surface area contributed by atoms with Crippen molar-refractivity contribution in [1.82, 2.24) is 5.32 Å². The highest BCUT2D eigenvalue weighted by molar-refractivity contribution is 5.80. The number of nitrogens with one attached hydrogen (secondary N) is 1. The van der Waals surface area contributed by atoms with Crippen LogP contribution in [0, 0.1) is 0 Å². The monoisotopic (exact) mass is 1210 g/mol. The Labute approximate surface area is 529 Å². The summed E-state index contributed by atoms with van der Waals surface area (Å²) in [6, 6.07) is -1.20. The average molecular weight is 1210 g/mol. The van der Waals surface area contributed by atoms with Gasteiger partial charge in [0.25, 0.3) is 0 Å². The summed E-state index contributed by atoms with van der Waals surface area (Å²) < 4.78 is 11.2. The molecule has 86 heavy (non-hydrogen) atoms. The first-order valence-electron chi connectivity index (χ1n) is 36.7. The van der Waals surface area contributed by atoms with E-state index in [0.717, 1.165) is 51.4 Å². The Bertz CT molecular complexity index is 1580. The molecule has 1 saturated heterocycles. The van der Waals surface area contributed by atoms with E-state index in [1.807, 2.05) is 0 Å². The molecule has 0 aliphatic carbocycles. The highest BCUT2D eigenvalue weighted by atomic mass is 16.7. The molecule has 11 heteroatoms. The molecule has 1 fully saturated rings. The minimum atomic E-state index is -1.68. The number of unbranched alkanes of at least 4 members (excludes halogenated alkanes) is 42. The molecule has 9 unspecified atom stereocenters. The predicted octanol–water partition coefficient (Wildman–Crippen LogP) is 18.1. The summed E-state index contributed by atoms with van der Waals surface area (Å²) in [5.74, 6) is -0.710. The van der Waals surface area contributed by atoms with Crippen molar-refractivity contribution in [3.63, 3.8) is 0 Å². The van der Waals surface area contributed by atoms with Crippen molar-refractivity contribution in [2.45, 2.75) is 396 Å². The quantitative estimate of drug-likeness (QED) is 0.0215. The highest BCUT2D eigenvalue weighted by Gasteiger charge is 2.44. The molecule has 0 saturated carbocycles. The van der Waals surface area contributed by atoms with Crippen molar-refractivity contribution in [2.75, 3.05) is 13.2 Å². The third-order valence-electron chi connectivity index (χ3n) is 17.5. The van der Waals surface area contributed by atoms with Gasteiger partial charge in [-0.15, -0.1) is 0 Å². The predicted molar refractivity (Wildman–Crippen MR) is 362 cm³/mol. The van der Waals surface area contributed by atoms with Crippen molar-refractivity contribution in [3.05, 3.63) is 60.8 Å². The zero-order chi connectivity index (χ0) is 62.4. The lowest BCUT2D eigenvalue weighted by atomic mass is 9.98.